The van der Waals surface area contributed by atoms with Gasteiger partial charge in [0.25, 0.3) is 0 Å². The van der Waals surface area contributed by atoms with Crippen molar-refractivity contribution < 1.29 is 8.83 Å². The van der Waals surface area contributed by atoms with Crippen molar-refractivity contribution in [1.82, 2.24) is 19.9 Å². The summed E-state index contributed by atoms with van der Waals surface area (Å²) in [6, 6.07) is 79.5. The molecule has 6 nitrogen and oxygen atoms in total. The van der Waals surface area contributed by atoms with Crippen molar-refractivity contribution in [2.45, 2.75) is 0 Å². The molecular weight excluding hydrogens is 833 g/mol. The summed E-state index contributed by atoms with van der Waals surface area (Å²) in [6.07, 6.45) is 0. The van der Waals surface area contributed by atoms with Crippen molar-refractivity contribution in [2.75, 3.05) is 0 Å². The van der Waals surface area contributed by atoms with Crippen LogP contribution in [0.25, 0.3) is 134 Å². The topological polar surface area (TPSA) is 77.8 Å². The average Bonchev–Trinajstić information content (AvgIpc) is 4.00. The van der Waals surface area contributed by atoms with Gasteiger partial charge in [-0.3, -0.25) is 0 Å². The fraction of sp³-hybridized carbons (Fsp3) is 0. The van der Waals surface area contributed by atoms with Crippen molar-refractivity contribution in [2.24, 2.45) is 0 Å². The number of rotatable bonds is 8. The van der Waals surface area contributed by atoms with Crippen molar-refractivity contribution >= 4 is 44.1 Å². The molecule has 4 aromatic heterocycles. The molecule has 13 aromatic rings. The highest BCUT2D eigenvalue weighted by Crippen LogP contribution is 2.40. The van der Waals surface area contributed by atoms with E-state index < -0.39 is 0 Å². The van der Waals surface area contributed by atoms with E-state index >= 15 is 0 Å². The number of hydrogen-bond donors (Lipinski definition) is 0. The van der Waals surface area contributed by atoms with Crippen LogP contribution in [-0.4, -0.2) is 19.9 Å². The molecule has 13 rings (SSSR count). The summed E-state index contributed by atoms with van der Waals surface area (Å²) >= 11 is 0. The second-order valence-electron chi connectivity index (χ2n) is 17.0. The second kappa shape index (κ2) is 16.3. The summed E-state index contributed by atoms with van der Waals surface area (Å²) in [5.74, 6) is 1.29. The van der Waals surface area contributed by atoms with Gasteiger partial charge in [0.15, 0.2) is 22.8 Å². The van der Waals surface area contributed by atoms with Gasteiger partial charge in [-0.25, -0.2) is 19.9 Å². The van der Waals surface area contributed by atoms with Gasteiger partial charge >= 0.3 is 0 Å². The summed E-state index contributed by atoms with van der Waals surface area (Å²) < 4.78 is 13.0. The number of furan rings is 2. The highest BCUT2D eigenvalue weighted by molar-refractivity contribution is 6.08. The first-order valence-corrected chi connectivity index (χ1v) is 22.7. The molecule has 0 saturated heterocycles. The quantitative estimate of drug-likeness (QED) is 0.151. The summed E-state index contributed by atoms with van der Waals surface area (Å²) in [7, 11) is 0. The van der Waals surface area contributed by atoms with Crippen LogP contribution in [0.2, 0.25) is 0 Å². The van der Waals surface area contributed by atoms with Gasteiger partial charge < -0.3 is 8.83 Å². The molecule has 0 spiro atoms. The maximum Gasteiger partial charge on any atom is 0.180 e. The van der Waals surface area contributed by atoms with E-state index in [1.165, 1.54) is 0 Å². The molecule has 0 unspecified atom stereocenters. The van der Waals surface area contributed by atoms with Crippen LogP contribution >= 0.6 is 0 Å². The minimum Gasteiger partial charge on any atom is -0.452 e. The first-order chi connectivity index (χ1) is 33.7. The predicted octanol–water partition coefficient (Wildman–Crippen LogP) is 16.4. The molecular formula is C62H38N4O2. The molecule has 318 valence electrons. The third-order valence-corrected chi connectivity index (χ3v) is 12.7. The maximum atomic E-state index is 6.54. The minimum absolute atomic E-state index is 0.643. The van der Waals surface area contributed by atoms with Gasteiger partial charge in [0, 0.05) is 33.0 Å². The zero-order valence-corrected chi connectivity index (χ0v) is 36.5. The molecule has 0 bridgehead atoms. The SMILES string of the molecule is c1ccc(-c2cccc(-c3nc(-c4ccc(-c5cccc(-c6cccc(-c7nc(-c8cccc(-c9ccccc9)c8)nc8c7oc7ccccc78)c6)c5)cc4)c4oc5ccccc5c4n3)c2)cc1. The van der Waals surface area contributed by atoms with E-state index in [0.717, 1.165) is 111 Å². The van der Waals surface area contributed by atoms with E-state index in [1.54, 1.807) is 0 Å². The third-order valence-electron chi connectivity index (χ3n) is 12.7. The summed E-state index contributed by atoms with van der Waals surface area (Å²) in [4.78, 5) is 20.7. The number of para-hydroxylation sites is 2. The van der Waals surface area contributed by atoms with Crippen molar-refractivity contribution in [1.29, 1.82) is 0 Å². The van der Waals surface area contributed by atoms with Gasteiger partial charge in [-0.15, -0.1) is 0 Å². The Balaban J connectivity index is 0.864. The molecule has 0 saturated carbocycles. The zero-order chi connectivity index (χ0) is 45.0. The van der Waals surface area contributed by atoms with Crippen LogP contribution in [0.1, 0.15) is 0 Å². The first kappa shape index (κ1) is 39.1. The van der Waals surface area contributed by atoms with Crippen molar-refractivity contribution in [3.63, 3.8) is 0 Å². The van der Waals surface area contributed by atoms with Crippen LogP contribution in [0.3, 0.4) is 0 Å². The lowest BCUT2D eigenvalue weighted by molar-refractivity contribution is 0.667. The fourth-order valence-electron chi connectivity index (χ4n) is 9.31. The lowest BCUT2D eigenvalue weighted by Gasteiger charge is -2.11. The second-order valence-corrected chi connectivity index (χ2v) is 17.0. The van der Waals surface area contributed by atoms with E-state index in [1.807, 2.05) is 48.5 Å². The summed E-state index contributed by atoms with van der Waals surface area (Å²) in [6.45, 7) is 0. The Bertz CT molecular complexity index is 4030. The summed E-state index contributed by atoms with van der Waals surface area (Å²) in [5, 5.41) is 1.91. The van der Waals surface area contributed by atoms with Gasteiger partial charge in [0.2, 0.25) is 0 Å². The first-order valence-electron chi connectivity index (χ1n) is 22.7. The van der Waals surface area contributed by atoms with Gasteiger partial charge in [0.1, 0.15) is 33.6 Å². The van der Waals surface area contributed by atoms with E-state index in [-0.39, 0.29) is 0 Å². The lowest BCUT2D eigenvalue weighted by atomic mass is 9.96. The van der Waals surface area contributed by atoms with Gasteiger partial charge in [-0.05, 0) is 93.0 Å². The molecule has 0 radical (unpaired) electrons. The van der Waals surface area contributed by atoms with E-state index in [9.17, 15) is 0 Å². The molecule has 68 heavy (non-hydrogen) atoms. The van der Waals surface area contributed by atoms with E-state index in [2.05, 4.69) is 182 Å². The number of nitrogens with zero attached hydrogens (tertiary/aromatic N) is 4. The molecule has 0 aliphatic rings. The third kappa shape index (κ3) is 7.00. The van der Waals surface area contributed by atoms with Gasteiger partial charge in [-0.1, -0.05) is 182 Å². The minimum atomic E-state index is 0.643. The molecule has 0 N–H and O–H groups in total. The zero-order valence-electron chi connectivity index (χ0n) is 36.5. The van der Waals surface area contributed by atoms with Crippen LogP contribution in [0.15, 0.2) is 239 Å². The number of aromatic nitrogens is 4. The predicted molar refractivity (Wildman–Crippen MR) is 276 cm³/mol. The number of benzene rings is 9. The maximum absolute atomic E-state index is 6.54. The van der Waals surface area contributed by atoms with Crippen LogP contribution < -0.4 is 0 Å². The molecule has 9 aromatic carbocycles. The molecule has 0 aliphatic carbocycles. The highest BCUT2D eigenvalue weighted by Gasteiger charge is 2.21. The Labute approximate surface area is 391 Å². The van der Waals surface area contributed by atoms with E-state index in [0.29, 0.717) is 22.8 Å². The molecule has 0 fully saturated rings. The van der Waals surface area contributed by atoms with Crippen molar-refractivity contribution in [3.8, 4) is 89.8 Å². The van der Waals surface area contributed by atoms with Crippen LogP contribution in [-0.2, 0) is 0 Å². The molecule has 0 aliphatic heterocycles. The highest BCUT2D eigenvalue weighted by atomic mass is 16.3. The normalized spacial score (nSPS) is 11.5. The van der Waals surface area contributed by atoms with Crippen molar-refractivity contribution in [3.05, 3.63) is 231 Å². The average molecular weight is 871 g/mol. The molecule has 4 heterocycles. The van der Waals surface area contributed by atoms with Gasteiger partial charge in [0.05, 0.1) is 0 Å². The number of fused-ring (bicyclic) bond motifs is 6. The van der Waals surface area contributed by atoms with Crippen LogP contribution in [0, 0.1) is 0 Å². The van der Waals surface area contributed by atoms with Gasteiger partial charge in [-0.2, -0.15) is 0 Å². The largest absolute Gasteiger partial charge is 0.452 e. The van der Waals surface area contributed by atoms with Crippen LogP contribution in [0.4, 0.5) is 0 Å². The monoisotopic (exact) mass is 870 g/mol. The Morgan fingerprint density at radius 3 is 1.04 bits per heavy atom. The number of hydrogen-bond acceptors (Lipinski definition) is 6. The van der Waals surface area contributed by atoms with E-state index in [4.69, 9.17) is 28.8 Å². The standard InChI is InChI=1S/C62H38N4O2/c1-3-15-39(16-4-1)44-20-13-25-49(37-44)61-63-55(59-57(65-61)51-27-7-9-29-53(51)67-59)42-33-31-41(32-34-42)43-19-11-22-46(35-43)47-23-12-24-48(36-47)56-60-58(52-28-8-10-30-54(52)68-60)66-62(64-56)50-26-14-21-45(38-50)40-17-5-2-6-18-40/h1-38H. The molecule has 6 heteroatoms. The Morgan fingerprint density at radius 1 is 0.235 bits per heavy atom. The molecule has 0 amide bonds. The Hall–Kier alpha value is -9.26. The molecule has 0 atom stereocenters. The Kier molecular flexibility index (Phi) is 9.39. The fourth-order valence-corrected chi connectivity index (χ4v) is 9.31. The lowest BCUT2D eigenvalue weighted by Crippen LogP contribution is -1.94. The smallest absolute Gasteiger partial charge is 0.180 e. The summed E-state index contributed by atoms with van der Waals surface area (Å²) in [5.41, 5.74) is 18.5. The van der Waals surface area contributed by atoms with Crippen LogP contribution in [0.5, 0.6) is 0 Å². The Morgan fingerprint density at radius 2 is 0.559 bits per heavy atom.